The van der Waals surface area contributed by atoms with Crippen LogP contribution in [0.5, 0.6) is 0 Å². The van der Waals surface area contributed by atoms with Gasteiger partial charge in [-0.15, -0.1) is 0 Å². The highest BCUT2D eigenvalue weighted by Gasteiger charge is 2.25. The first-order valence-corrected chi connectivity index (χ1v) is 7.22. The van der Waals surface area contributed by atoms with Crippen LogP contribution < -0.4 is 10.2 Å². The lowest BCUT2D eigenvalue weighted by Gasteiger charge is -2.39. The van der Waals surface area contributed by atoms with E-state index in [4.69, 9.17) is 0 Å². The van der Waals surface area contributed by atoms with Crippen molar-refractivity contribution in [1.82, 2.24) is 10.3 Å². The molecule has 3 nitrogen and oxygen atoms in total. The highest BCUT2D eigenvalue weighted by atomic mass is 15.2. The molecule has 1 aromatic heterocycles. The molecule has 104 valence electrons. The molecule has 0 aliphatic carbocycles. The molecule has 0 radical (unpaired) electrons. The lowest BCUT2D eigenvalue weighted by molar-refractivity contribution is 0.488. The predicted octanol–water partition coefficient (Wildman–Crippen LogP) is 2.85. The van der Waals surface area contributed by atoms with E-state index in [1.165, 1.54) is 11.3 Å². The van der Waals surface area contributed by atoms with Crippen LogP contribution in [0, 0.1) is 13.8 Å². The molecule has 0 spiro atoms. The summed E-state index contributed by atoms with van der Waals surface area (Å²) in [6.07, 6.45) is 0. The Kier molecular flexibility index (Phi) is 3.70. The number of rotatable bonds is 2. The summed E-state index contributed by atoms with van der Waals surface area (Å²) >= 11 is 0. The molecular weight excluding hydrogens is 246 g/mol. The molecule has 3 heteroatoms. The van der Waals surface area contributed by atoms with Gasteiger partial charge in [0.2, 0.25) is 0 Å². The predicted molar refractivity (Wildman–Crippen MR) is 83.1 cm³/mol. The Morgan fingerprint density at radius 3 is 2.65 bits per heavy atom. The topological polar surface area (TPSA) is 28.2 Å². The Hall–Kier alpha value is -1.87. The Labute approximate surface area is 120 Å². The molecule has 1 aliphatic heterocycles. The summed E-state index contributed by atoms with van der Waals surface area (Å²) in [6, 6.07) is 15.4. The summed E-state index contributed by atoms with van der Waals surface area (Å²) in [7, 11) is 0. The maximum Gasteiger partial charge on any atom is 0.0668 e. The molecule has 1 N–H and O–H groups in total. The van der Waals surface area contributed by atoms with Crippen LogP contribution in [0.2, 0.25) is 0 Å². The van der Waals surface area contributed by atoms with E-state index < -0.39 is 0 Å². The van der Waals surface area contributed by atoms with Crippen molar-refractivity contribution >= 4 is 5.69 Å². The number of aryl methyl sites for hydroxylation is 2. The van der Waals surface area contributed by atoms with E-state index >= 15 is 0 Å². The number of aromatic nitrogens is 1. The number of piperazine rings is 1. The van der Waals surface area contributed by atoms with Gasteiger partial charge in [-0.05, 0) is 31.5 Å². The SMILES string of the molecule is Cc1ccc(N2CCNCC2c2ccccc2)c(C)n1. The maximum atomic E-state index is 4.61. The highest BCUT2D eigenvalue weighted by Crippen LogP contribution is 2.30. The first-order valence-electron chi connectivity index (χ1n) is 7.22. The maximum absolute atomic E-state index is 4.61. The fourth-order valence-corrected chi connectivity index (χ4v) is 2.95. The molecule has 1 aliphatic rings. The van der Waals surface area contributed by atoms with E-state index in [0.717, 1.165) is 31.0 Å². The lowest BCUT2D eigenvalue weighted by atomic mass is 10.0. The van der Waals surface area contributed by atoms with Crippen LogP contribution in [-0.4, -0.2) is 24.6 Å². The van der Waals surface area contributed by atoms with E-state index in [9.17, 15) is 0 Å². The number of hydrogen-bond acceptors (Lipinski definition) is 3. The minimum absolute atomic E-state index is 0.383. The second-order valence-electron chi connectivity index (χ2n) is 5.38. The van der Waals surface area contributed by atoms with E-state index in [1.54, 1.807) is 0 Å². The second kappa shape index (κ2) is 5.63. The standard InChI is InChI=1S/C17H21N3/c1-13-8-9-16(14(2)19-13)20-11-10-18-12-17(20)15-6-4-3-5-7-15/h3-9,17-18H,10-12H2,1-2H3. The third-order valence-corrected chi connectivity index (χ3v) is 3.93. The van der Waals surface area contributed by atoms with Crippen LogP contribution >= 0.6 is 0 Å². The number of nitrogens with one attached hydrogen (secondary N) is 1. The normalized spacial score (nSPS) is 19.1. The van der Waals surface area contributed by atoms with Gasteiger partial charge in [0.25, 0.3) is 0 Å². The van der Waals surface area contributed by atoms with E-state index in [1.807, 2.05) is 6.92 Å². The largest absolute Gasteiger partial charge is 0.360 e. The third kappa shape index (κ3) is 2.54. The van der Waals surface area contributed by atoms with Gasteiger partial charge in [-0.1, -0.05) is 30.3 Å². The van der Waals surface area contributed by atoms with Crippen molar-refractivity contribution in [2.24, 2.45) is 0 Å². The molecule has 20 heavy (non-hydrogen) atoms. The van der Waals surface area contributed by atoms with Crippen molar-refractivity contribution in [3.63, 3.8) is 0 Å². The van der Waals surface area contributed by atoms with Crippen LogP contribution in [0.1, 0.15) is 23.0 Å². The second-order valence-corrected chi connectivity index (χ2v) is 5.38. The highest BCUT2D eigenvalue weighted by molar-refractivity contribution is 5.53. The van der Waals surface area contributed by atoms with Gasteiger partial charge < -0.3 is 10.2 Å². The lowest BCUT2D eigenvalue weighted by Crippen LogP contribution is -2.46. The summed E-state index contributed by atoms with van der Waals surface area (Å²) in [5.41, 5.74) is 4.82. The van der Waals surface area contributed by atoms with Gasteiger partial charge in [-0.2, -0.15) is 0 Å². The van der Waals surface area contributed by atoms with Crippen LogP contribution in [-0.2, 0) is 0 Å². The van der Waals surface area contributed by atoms with Gasteiger partial charge >= 0.3 is 0 Å². The molecule has 2 heterocycles. The summed E-state index contributed by atoms with van der Waals surface area (Å²) in [5, 5.41) is 3.50. The van der Waals surface area contributed by atoms with Crippen molar-refractivity contribution in [3.8, 4) is 0 Å². The van der Waals surface area contributed by atoms with Gasteiger partial charge in [0.1, 0.15) is 0 Å². The third-order valence-electron chi connectivity index (χ3n) is 3.93. The molecular formula is C17H21N3. The Morgan fingerprint density at radius 1 is 1.10 bits per heavy atom. The summed E-state index contributed by atoms with van der Waals surface area (Å²) in [4.78, 5) is 7.09. The molecule has 1 aromatic carbocycles. The molecule has 1 fully saturated rings. The van der Waals surface area contributed by atoms with Crippen LogP contribution in [0.15, 0.2) is 42.5 Å². The van der Waals surface area contributed by atoms with Crippen molar-refractivity contribution in [1.29, 1.82) is 0 Å². The van der Waals surface area contributed by atoms with Crippen LogP contribution in [0.25, 0.3) is 0 Å². The zero-order chi connectivity index (χ0) is 13.9. The Morgan fingerprint density at radius 2 is 1.90 bits per heavy atom. The van der Waals surface area contributed by atoms with E-state index in [2.05, 4.69) is 64.6 Å². The van der Waals surface area contributed by atoms with Gasteiger partial charge in [-0.25, -0.2) is 0 Å². The summed E-state index contributed by atoms with van der Waals surface area (Å²) in [6.45, 7) is 7.18. The van der Waals surface area contributed by atoms with Crippen molar-refractivity contribution in [2.45, 2.75) is 19.9 Å². The quantitative estimate of drug-likeness (QED) is 0.907. The van der Waals surface area contributed by atoms with Crippen molar-refractivity contribution in [2.75, 3.05) is 24.5 Å². The van der Waals surface area contributed by atoms with Crippen molar-refractivity contribution in [3.05, 3.63) is 59.4 Å². The number of pyridine rings is 1. The van der Waals surface area contributed by atoms with Gasteiger partial charge in [0, 0.05) is 25.3 Å². The van der Waals surface area contributed by atoms with E-state index in [0.29, 0.717) is 6.04 Å². The monoisotopic (exact) mass is 267 g/mol. The molecule has 2 aromatic rings. The molecule has 1 atom stereocenters. The first-order chi connectivity index (χ1) is 9.75. The number of hydrogen-bond donors (Lipinski definition) is 1. The molecule has 0 saturated carbocycles. The molecule has 1 unspecified atom stereocenters. The molecule has 0 amide bonds. The smallest absolute Gasteiger partial charge is 0.0668 e. The number of nitrogens with zero attached hydrogens (tertiary/aromatic N) is 2. The van der Waals surface area contributed by atoms with Gasteiger partial charge in [0.05, 0.1) is 17.4 Å². The average Bonchev–Trinajstić information content (AvgIpc) is 2.48. The fourth-order valence-electron chi connectivity index (χ4n) is 2.95. The molecule has 1 saturated heterocycles. The van der Waals surface area contributed by atoms with Gasteiger partial charge in [-0.3, -0.25) is 4.98 Å². The molecule has 3 rings (SSSR count). The number of anilines is 1. The van der Waals surface area contributed by atoms with E-state index in [-0.39, 0.29) is 0 Å². The summed E-state index contributed by atoms with van der Waals surface area (Å²) in [5.74, 6) is 0. The van der Waals surface area contributed by atoms with Crippen LogP contribution in [0.4, 0.5) is 5.69 Å². The first kappa shape index (κ1) is 13.1. The number of benzene rings is 1. The zero-order valence-electron chi connectivity index (χ0n) is 12.1. The minimum atomic E-state index is 0.383. The fraction of sp³-hybridized carbons (Fsp3) is 0.353. The van der Waals surface area contributed by atoms with Crippen molar-refractivity contribution < 1.29 is 0 Å². The van der Waals surface area contributed by atoms with Gasteiger partial charge in [0.15, 0.2) is 0 Å². The Balaban J connectivity index is 1.97. The minimum Gasteiger partial charge on any atom is -0.360 e. The van der Waals surface area contributed by atoms with Crippen LogP contribution in [0.3, 0.4) is 0 Å². The average molecular weight is 267 g/mol. The summed E-state index contributed by atoms with van der Waals surface area (Å²) < 4.78 is 0. The zero-order valence-corrected chi connectivity index (χ0v) is 12.1. The molecule has 0 bridgehead atoms. The Bertz CT molecular complexity index is 580.